The predicted molar refractivity (Wildman–Crippen MR) is 113 cm³/mol. The Balaban J connectivity index is 1.46. The van der Waals surface area contributed by atoms with Gasteiger partial charge in [-0.05, 0) is 67.8 Å². The third kappa shape index (κ3) is 6.33. The number of benzene rings is 2. The SMILES string of the molecule is CCN(CCCc1ccc(C2CCCC2C(F)(F)F)cc1)CCc1ccccc1. The standard InChI is InChI=1S/C25H32F3N/c1-2-29(19-17-20-8-4-3-5-9-20)18-7-10-21-13-15-22(16-14-21)23-11-6-12-24(23)25(26,27)28/h3-5,8-9,13-16,23-24H,2,6-7,10-12,17-19H2,1H3. The average molecular weight is 404 g/mol. The maximum absolute atomic E-state index is 13.2. The molecule has 1 fully saturated rings. The van der Waals surface area contributed by atoms with Gasteiger partial charge in [0, 0.05) is 6.54 Å². The molecule has 2 atom stereocenters. The van der Waals surface area contributed by atoms with Crippen LogP contribution >= 0.6 is 0 Å². The van der Waals surface area contributed by atoms with Crippen LogP contribution in [0.25, 0.3) is 0 Å². The lowest BCUT2D eigenvalue weighted by Gasteiger charge is -2.23. The van der Waals surface area contributed by atoms with Crippen LogP contribution in [0.15, 0.2) is 54.6 Å². The maximum atomic E-state index is 13.2. The van der Waals surface area contributed by atoms with Gasteiger partial charge in [-0.1, -0.05) is 67.9 Å². The van der Waals surface area contributed by atoms with Gasteiger partial charge in [0.15, 0.2) is 0 Å². The molecule has 1 nitrogen and oxygen atoms in total. The van der Waals surface area contributed by atoms with Crippen molar-refractivity contribution in [3.8, 4) is 0 Å². The van der Waals surface area contributed by atoms with Gasteiger partial charge in [0.25, 0.3) is 0 Å². The topological polar surface area (TPSA) is 3.24 Å². The van der Waals surface area contributed by atoms with Crippen molar-refractivity contribution in [1.29, 1.82) is 0 Å². The summed E-state index contributed by atoms with van der Waals surface area (Å²) in [5, 5.41) is 0. The molecule has 0 aromatic heterocycles. The Labute approximate surface area is 172 Å². The fourth-order valence-corrected chi connectivity index (χ4v) is 4.55. The average Bonchev–Trinajstić information content (AvgIpc) is 3.22. The zero-order valence-corrected chi connectivity index (χ0v) is 17.3. The van der Waals surface area contributed by atoms with E-state index in [0.29, 0.717) is 12.8 Å². The molecule has 0 radical (unpaired) electrons. The first-order valence-corrected chi connectivity index (χ1v) is 10.9. The van der Waals surface area contributed by atoms with Crippen LogP contribution in [0.3, 0.4) is 0 Å². The second-order valence-corrected chi connectivity index (χ2v) is 8.20. The van der Waals surface area contributed by atoms with E-state index in [1.165, 1.54) is 11.1 Å². The minimum Gasteiger partial charge on any atom is -0.303 e. The molecule has 0 saturated heterocycles. The van der Waals surface area contributed by atoms with Crippen molar-refractivity contribution in [3.05, 3.63) is 71.3 Å². The van der Waals surface area contributed by atoms with E-state index < -0.39 is 12.1 Å². The van der Waals surface area contributed by atoms with Gasteiger partial charge in [-0.3, -0.25) is 0 Å². The molecule has 2 unspecified atom stereocenters. The van der Waals surface area contributed by atoms with Crippen molar-refractivity contribution in [1.82, 2.24) is 4.90 Å². The lowest BCUT2D eigenvalue weighted by molar-refractivity contribution is -0.176. The zero-order chi connectivity index (χ0) is 20.7. The van der Waals surface area contributed by atoms with Gasteiger partial charge in [-0.25, -0.2) is 0 Å². The number of hydrogen-bond acceptors (Lipinski definition) is 1. The third-order valence-corrected chi connectivity index (χ3v) is 6.29. The van der Waals surface area contributed by atoms with Crippen LogP contribution in [0.4, 0.5) is 13.2 Å². The van der Waals surface area contributed by atoms with E-state index in [1.807, 2.05) is 30.3 Å². The van der Waals surface area contributed by atoms with Crippen molar-refractivity contribution < 1.29 is 13.2 Å². The monoisotopic (exact) mass is 403 g/mol. The zero-order valence-electron chi connectivity index (χ0n) is 17.3. The number of aryl methyl sites for hydroxylation is 1. The van der Waals surface area contributed by atoms with Gasteiger partial charge >= 0.3 is 6.18 Å². The minimum atomic E-state index is -4.08. The van der Waals surface area contributed by atoms with Crippen LogP contribution in [-0.4, -0.2) is 30.7 Å². The van der Waals surface area contributed by atoms with Crippen LogP contribution in [0, 0.1) is 5.92 Å². The van der Waals surface area contributed by atoms with Crippen molar-refractivity contribution in [2.45, 2.75) is 57.5 Å². The van der Waals surface area contributed by atoms with Crippen LogP contribution in [0.5, 0.6) is 0 Å². The highest BCUT2D eigenvalue weighted by Crippen LogP contribution is 2.48. The van der Waals surface area contributed by atoms with E-state index in [2.05, 4.69) is 36.1 Å². The molecule has 2 aromatic rings. The molecule has 29 heavy (non-hydrogen) atoms. The summed E-state index contributed by atoms with van der Waals surface area (Å²) in [6, 6.07) is 18.5. The number of alkyl halides is 3. The first kappa shape index (κ1) is 21.9. The molecular formula is C25H32F3N. The Morgan fingerprint density at radius 3 is 2.21 bits per heavy atom. The molecule has 3 rings (SSSR count). The third-order valence-electron chi connectivity index (χ3n) is 6.29. The molecule has 1 aliphatic carbocycles. The summed E-state index contributed by atoms with van der Waals surface area (Å²) in [5.41, 5.74) is 3.44. The Morgan fingerprint density at radius 2 is 1.55 bits per heavy atom. The summed E-state index contributed by atoms with van der Waals surface area (Å²) in [5.74, 6) is -1.53. The Morgan fingerprint density at radius 1 is 0.862 bits per heavy atom. The molecule has 1 aliphatic rings. The van der Waals surface area contributed by atoms with Gasteiger partial charge in [0.05, 0.1) is 5.92 Å². The fraction of sp³-hybridized carbons (Fsp3) is 0.520. The molecule has 0 bridgehead atoms. The highest BCUT2D eigenvalue weighted by molar-refractivity contribution is 5.27. The number of rotatable bonds is 9. The van der Waals surface area contributed by atoms with E-state index in [-0.39, 0.29) is 12.3 Å². The molecule has 0 spiro atoms. The summed E-state index contributed by atoms with van der Waals surface area (Å²) in [6.07, 6.45) is 0.606. The number of nitrogens with zero attached hydrogens (tertiary/aromatic N) is 1. The van der Waals surface area contributed by atoms with Crippen LogP contribution in [0.1, 0.15) is 55.2 Å². The molecule has 158 valence electrons. The predicted octanol–water partition coefficient (Wildman–Crippen LogP) is 6.63. The number of halogens is 3. The van der Waals surface area contributed by atoms with Gasteiger partial charge < -0.3 is 4.90 Å². The van der Waals surface area contributed by atoms with Crippen LogP contribution in [-0.2, 0) is 12.8 Å². The van der Waals surface area contributed by atoms with Crippen molar-refractivity contribution >= 4 is 0 Å². The second kappa shape index (κ2) is 10.3. The lowest BCUT2D eigenvalue weighted by atomic mass is 9.88. The first-order valence-electron chi connectivity index (χ1n) is 10.9. The molecule has 4 heteroatoms. The fourth-order valence-electron chi connectivity index (χ4n) is 4.55. The van der Waals surface area contributed by atoms with E-state index in [0.717, 1.165) is 44.5 Å². The Bertz CT molecular complexity index is 724. The summed E-state index contributed by atoms with van der Waals surface area (Å²) in [4.78, 5) is 2.47. The number of likely N-dealkylation sites (N-methyl/N-ethyl adjacent to an activating group) is 1. The molecule has 0 heterocycles. The molecule has 0 amide bonds. The molecule has 0 aliphatic heterocycles. The molecule has 1 saturated carbocycles. The highest BCUT2D eigenvalue weighted by Gasteiger charge is 2.47. The van der Waals surface area contributed by atoms with Crippen LogP contribution in [0.2, 0.25) is 0 Å². The molecule has 2 aromatic carbocycles. The van der Waals surface area contributed by atoms with E-state index in [9.17, 15) is 13.2 Å². The van der Waals surface area contributed by atoms with Crippen molar-refractivity contribution in [2.75, 3.05) is 19.6 Å². The largest absolute Gasteiger partial charge is 0.392 e. The van der Waals surface area contributed by atoms with E-state index in [4.69, 9.17) is 0 Å². The minimum absolute atomic E-state index is 0.270. The maximum Gasteiger partial charge on any atom is 0.392 e. The Kier molecular flexibility index (Phi) is 7.77. The Hall–Kier alpha value is -1.81. The van der Waals surface area contributed by atoms with E-state index in [1.54, 1.807) is 0 Å². The van der Waals surface area contributed by atoms with E-state index >= 15 is 0 Å². The van der Waals surface area contributed by atoms with Gasteiger partial charge in [-0.2, -0.15) is 13.2 Å². The van der Waals surface area contributed by atoms with Crippen molar-refractivity contribution in [3.63, 3.8) is 0 Å². The highest BCUT2D eigenvalue weighted by atomic mass is 19.4. The quantitative estimate of drug-likeness (QED) is 0.454. The lowest BCUT2D eigenvalue weighted by Crippen LogP contribution is -2.27. The molecule has 0 N–H and O–H groups in total. The molecular weight excluding hydrogens is 371 g/mol. The summed E-state index contributed by atoms with van der Waals surface area (Å²) < 4.78 is 39.7. The van der Waals surface area contributed by atoms with Crippen LogP contribution < -0.4 is 0 Å². The first-order chi connectivity index (χ1) is 14.0. The van der Waals surface area contributed by atoms with Gasteiger partial charge in [0.1, 0.15) is 0 Å². The smallest absolute Gasteiger partial charge is 0.303 e. The summed E-state index contributed by atoms with van der Waals surface area (Å²) >= 11 is 0. The van der Waals surface area contributed by atoms with Gasteiger partial charge in [0.2, 0.25) is 0 Å². The summed E-state index contributed by atoms with van der Waals surface area (Å²) in [7, 11) is 0. The normalized spacial score (nSPS) is 19.8. The van der Waals surface area contributed by atoms with Crippen molar-refractivity contribution in [2.24, 2.45) is 5.92 Å². The van der Waals surface area contributed by atoms with Gasteiger partial charge in [-0.15, -0.1) is 0 Å². The second-order valence-electron chi connectivity index (χ2n) is 8.20. The summed E-state index contributed by atoms with van der Waals surface area (Å²) in [6.45, 7) is 5.33. The number of hydrogen-bond donors (Lipinski definition) is 0.